The first kappa shape index (κ1) is 15.2. The molecule has 0 aliphatic carbocycles. The molecule has 1 atom stereocenters. The number of anilines is 1. The summed E-state index contributed by atoms with van der Waals surface area (Å²) >= 11 is 5.02. The third-order valence-corrected chi connectivity index (χ3v) is 4.17. The SMILES string of the molecule is Nc1cccc(OCC(O)CSc2cccc(Br)c2)c1. The Hall–Kier alpha value is -1.17. The van der Waals surface area contributed by atoms with E-state index in [-0.39, 0.29) is 6.61 Å². The largest absolute Gasteiger partial charge is 0.491 e. The normalized spacial score (nSPS) is 12.1. The average Bonchev–Trinajstić information content (AvgIpc) is 2.43. The van der Waals surface area contributed by atoms with Crippen LogP contribution in [0, 0.1) is 0 Å². The molecule has 0 spiro atoms. The van der Waals surface area contributed by atoms with Gasteiger partial charge in [-0.15, -0.1) is 11.8 Å². The number of benzene rings is 2. The van der Waals surface area contributed by atoms with Crippen LogP contribution in [-0.2, 0) is 0 Å². The zero-order chi connectivity index (χ0) is 14.4. The predicted octanol–water partition coefficient (Wildman–Crippen LogP) is 3.56. The molecule has 3 nitrogen and oxygen atoms in total. The molecule has 0 aliphatic heterocycles. The number of aliphatic hydroxyl groups is 1. The maximum absolute atomic E-state index is 9.92. The van der Waals surface area contributed by atoms with Gasteiger partial charge in [0.05, 0.1) is 6.10 Å². The van der Waals surface area contributed by atoms with Gasteiger partial charge in [-0.2, -0.15) is 0 Å². The molecule has 0 bridgehead atoms. The minimum atomic E-state index is -0.527. The average molecular weight is 354 g/mol. The molecule has 0 saturated heterocycles. The highest BCUT2D eigenvalue weighted by Gasteiger charge is 2.07. The zero-order valence-corrected chi connectivity index (χ0v) is 13.2. The summed E-state index contributed by atoms with van der Waals surface area (Å²) in [5.74, 6) is 1.26. The smallest absolute Gasteiger partial charge is 0.121 e. The Balaban J connectivity index is 1.77. The Morgan fingerprint density at radius 3 is 2.75 bits per heavy atom. The lowest BCUT2D eigenvalue weighted by molar-refractivity contribution is 0.126. The van der Waals surface area contributed by atoms with Crippen LogP contribution in [0.2, 0.25) is 0 Å². The summed E-state index contributed by atoms with van der Waals surface area (Å²) in [7, 11) is 0. The van der Waals surface area contributed by atoms with Crippen LogP contribution in [0.5, 0.6) is 5.75 Å². The number of ether oxygens (including phenoxy) is 1. The Labute approximate surface area is 131 Å². The molecule has 3 N–H and O–H groups in total. The van der Waals surface area contributed by atoms with Crippen LogP contribution in [0.25, 0.3) is 0 Å². The molecule has 0 amide bonds. The van der Waals surface area contributed by atoms with Crippen LogP contribution in [0.1, 0.15) is 0 Å². The minimum Gasteiger partial charge on any atom is -0.491 e. The minimum absolute atomic E-state index is 0.254. The lowest BCUT2D eigenvalue weighted by atomic mass is 10.3. The van der Waals surface area contributed by atoms with Crippen molar-refractivity contribution in [3.8, 4) is 5.75 Å². The highest BCUT2D eigenvalue weighted by atomic mass is 79.9. The van der Waals surface area contributed by atoms with E-state index in [0.29, 0.717) is 17.2 Å². The van der Waals surface area contributed by atoms with E-state index < -0.39 is 6.10 Å². The van der Waals surface area contributed by atoms with Crippen molar-refractivity contribution >= 4 is 33.4 Å². The lowest BCUT2D eigenvalue weighted by Gasteiger charge is -2.12. The summed E-state index contributed by atoms with van der Waals surface area (Å²) in [4.78, 5) is 1.11. The molecule has 1 unspecified atom stereocenters. The van der Waals surface area contributed by atoms with Gasteiger partial charge in [0.2, 0.25) is 0 Å². The first-order chi connectivity index (χ1) is 9.63. The van der Waals surface area contributed by atoms with E-state index in [1.165, 1.54) is 0 Å². The molecule has 106 valence electrons. The lowest BCUT2D eigenvalue weighted by Crippen LogP contribution is -2.20. The molecule has 0 heterocycles. The molecule has 0 fully saturated rings. The molecule has 2 aromatic carbocycles. The van der Waals surface area contributed by atoms with E-state index in [1.54, 1.807) is 23.9 Å². The van der Waals surface area contributed by atoms with Gasteiger partial charge in [0.25, 0.3) is 0 Å². The first-order valence-electron chi connectivity index (χ1n) is 6.18. The third kappa shape index (κ3) is 5.07. The number of thioether (sulfide) groups is 1. The number of nitrogen functional groups attached to an aromatic ring is 1. The molecule has 2 aromatic rings. The number of halogens is 1. The van der Waals surface area contributed by atoms with Crippen molar-refractivity contribution in [1.29, 1.82) is 0 Å². The second-order valence-corrected chi connectivity index (χ2v) is 6.31. The maximum atomic E-state index is 9.92. The fourth-order valence-electron chi connectivity index (χ4n) is 1.59. The second kappa shape index (κ2) is 7.57. The van der Waals surface area contributed by atoms with Gasteiger partial charge in [-0.3, -0.25) is 0 Å². The molecular weight excluding hydrogens is 338 g/mol. The van der Waals surface area contributed by atoms with Crippen LogP contribution in [-0.4, -0.2) is 23.6 Å². The van der Waals surface area contributed by atoms with E-state index in [4.69, 9.17) is 10.5 Å². The molecule has 0 aromatic heterocycles. The standard InChI is InChI=1S/C15H16BrNO2S/c16-11-3-1-6-15(7-11)20-10-13(18)9-19-14-5-2-4-12(17)8-14/h1-8,13,18H,9-10,17H2. The van der Waals surface area contributed by atoms with Crippen molar-refractivity contribution in [2.45, 2.75) is 11.0 Å². The van der Waals surface area contributed by atoms with E-state index in [1.807, 2.05) is 36.4 Å². The molecule has 0 aliphatic rings. The van der Waals surface area contributed by atoms with Gasteiger partial charge >= 0.3 is 0 Å². The quantitative estimate of drug-likeness (QED) is 0.615. The van der Waals surface area contributed by atoms with E-state index in [0.717, 1.165) is 9.37 Å². The summed E-state index contributed by atoms with van der Waals surface area (Å²) in [5.41, 5.74) is 6.32. The van der Waals surface area contributed by atoms with Crippen LogP contribution in [0.4, 0.5) is 5.69 Å². The summed E-state index contributed by atoms with van der Waals surface area (Å²) in [5, 5.41) is 9.92. The van der Waals surface area contributed by atoms with E-state index in [9.17, 15) is 5.11 Å². The Bertz CT molecular complexity index is 516. The van der Waals surface area contributed by atoms with Crippen molar-refractivity contribution < 1.29 is 9.84 Å². The molecule has 20 heavy (non-hydrogen) atoms. The number of hydrogen-bond acceptors (Lipinski definition) is 4. The number of rotatable bonds is 6. The Morgan fingerprint density at radius 2 is 2.00 bits per heavy atom. The molecule has 0 radical (unpaired) electrons. The van der Waals surface area contributed by atoms with Gasteiger partial charge in [0.1, 0.15) is 12.4 Å². The van der Waals surface area contributed by atoms with E-state index >= 15 is 0 Å². The number of aliphatic hydroxyl groups excluding tert-OH is 1. The van der Waals surface area contributed by atoms with Crippen LogP contribution in [0.15, 0.2) is 57.9 Å². The van der Waals surface area contributed by atoms with Crippen LogP contribution < -0.4 is 10.5 Å². The zero-order valence-electron chi connectivity index (χ0n) is 10.8. The Morgan fingerprint density at radius 1 is 1.20 bits per heavy atom. The van der Waals surface area contributed by atoms with Crippen LogP contribution in [0.3, 0.4) is 0 Å². The van der Waals surface area contributed by atoms with Gasteiger partial charge in [-0.05, 0) is 30.3 Å². The Kier molecular flexibility index (Phi) is 5.76. The fourth-order valence-corrected chi connectivity index (χ4v) is 3.01. The second-order valence-electron chi connectivity index (χ2n) is 4.31. The van der Waals surface area contributed by atoms with Crippen molar-refractivity contribution in [1.82, 2.24) is 0 Å². The molecular formula is C15H16BrNO2S. The van der Waals surface area contributed by atoms with Gasteiger partial charge < -0.3 is 15.6 Å². The monoisotopic (exact) mass is 353 g/mol. The van der Waals surface area contributed by atoms with Gasteiger partial charge in [-0.1, -0.05) is 28.1 Å². The fraction of sp³-hybridized carbons (Fsp3) is 0.200. The highest BCUT2D eigenvalue weighted by Crippen LogP contribution is 2.23. The van der Waals surface area contributed by atoms with Crippen molar-refractivity contribution in [2.24, 2.45) is 0 Å². The van der Waals surface area contributed by atoms with Gasteiger partial charge in [-0.25, -0.2) is 0 Å². The first-order valence-corrected chi connectivity index (χ1v) is 7.96. The molecule has 0 saturated carbocycles. The van der Waals surface area contributed by atoms with Gasteiger partial charge in [0.15, 0.2) is 0 Å². The van der Waals surface area contributed by atoms with Crippen molar-refractivity contribution in [2.75, 3.05) is 18.1 Å². The van der Waals surface area contributed by atoms with Crippen LogP contribution >= 0.6 is 27.7 Å². The number of nitrogens with two attached hydrogens (primary N) is 1. The van der Waals surface area contributed by atoms with E-state index in [2.05, 4.69) is 15.9 Å². The number of hydrogen-bond donors (Lipinski definition) is 2. The predicted molar refractivity (Wildman–Crippen MR) is 87.2 cm³/mol. The highest BCUT2D eigenvalue weighted by molar-refractivity contribution is 9.10. The third-order valence-electron chi connectivity index (χ3n) is 2.54. The van der Waals surface area contributed by atoms with Crippen molar-refractivity contribution in [3.63, 3.8) is 0 Å². The van der Waals surface area contributed by atoms with Gasteiger partial charge in [0, 0.05) is 26.9 Å². The molecule has 2 rings (SSSR count). The summed E-state index contributed by atoms with van der Waals surface area (Å²) in [6.45, 7) is 0.254. The molecule has 5 heteroatoms. The topological polar surface area (TPSA) is 55.5 Å². The summed E-state index contributed by atoms with van der Waals surface area (Å²) in [6, 6.07) is 15.2. The maximum Gasteiger partial charge on any atom is 0.121 e. The van der Waals surface area contributed by atoms with Crippen molar-refractivity contribution in [3.05, 3.63) is 53.0 Å². The summed E-state index contributed by atoms with van der Waals surface area (Å²) < 4.78 is 6.54. The summed E-state index contributed by atoms with van der Waals surface area (Å²) in [6.07, 6.45) is -0.527.